The Morgan fingerprint density at radius 1 is 1.26 bits per heavy atom. The SMILES string of the molecule is Cc1cc(C(=O)NCc2csc(-c3cnccn3)n2)c2c(C)nn(C)c2n1. The lowest BCUT2D eigenvalue weighted by atomic mass is 10.1. The van der Waals surface area contributed by atoms with Gasteiger partial charge in [-0.2, -0.15) is 5.10 Å². The van der Waals surface area contributed by atoms with E-state index in [0.29, 0.717) is 17.8 Å². The van der Waals surface area contributed by atoms with E-state index in [0.717, 1.165) is 33.2 Å². The zero-order chi connectivity index (χ0) is 19.0. The number of pyridine rings is 1. The average Bonchev–Trinajstić information content (AvgIpc) is 3.25. The summed E-state index contributed by atoms with van der Waals surface area (Å²) in [5.74, 6) is -0.171. The normalized spacial score (nSPS) is 11.1. The van der Waals surface area contributed by atoms with Gasteiger partial charge in [-0.3, -0.25) is 19.4 Å². The molecule has 0 unspecified atom stereocenters. The summed E-state index contributed by atoms with van der Waals surface area (Å²) in [5.41, 5.74) is 4.33. The van der Waals surface area contributed by atoms with E-state index in [9.17, 15) is 4.79 Å². The fraction of sp³-hybridized carbons (Fsp3) is 0.222. The van der Waals surface area contributed by atoms with Crippen LogP contribution in [-0.2, 0) is 13.6 Å². The van der Waals surface area contributed by atoms with Gasteiger partial charge in [-0.1, -0.05) is 0 Å². The predicted molar refractivity (Wildman–Crippen MR) is 102 cm³/mol. The highest BCUT2D eigenvalue weighted by molar-refractivity contribution is 7.13. The van der Waals surface area contributed by atoms with Gasteiger partial charge in [-0.05, 0) is 19.9 Å². The molecule has 27 heavy (non-hydrogen) atoms. The number of rotatable bonds is 4. The van der Waals surface area contributed by atoms with Crippen molar-refractivity contribution in [1.82, 2.24) is 35.0 Å². The molecule has 136 valence electrons. The van der Waals surface area contributed by atoms with E-state index in [4.69, 9.17) is 0 Å². The molecule has 0 saturated heterocycles. The van der Waals surface area contributed by atoms with Gasteiger partial charge in [0.25, 0.3) is 5.91 Å². The standard InChI is InChI=1S/C18H17N7OS/c1-10-6-13(15-11(2)24-25(3)16(15)22-10)17(26)21-7-12-9-27-18(23-12)14-8-19-4-5-20-14/h4-6,8-9H,7H2,1-3H3,(H,21,26). The molecule has 0 atom stereocenters. The van der Waals surface area contributed by atoms with Crippen LogP contribution in [-0.4, -0.2) is 35.6 Å². The van der Waals surface area contributed by atoms with Crippen molar-refractivity contribution < 1.29 is 4.79 Å². The molecule has 8 nitrogen and oxygen atoms in total. The highest BCUT2D eigenvalue weighted by Gasteiger charge is 2.18. The van der Waals surface area contributed by atoms with Gasteiger partial charge in [0.15, 0.2) is 5.65 Å². The Morgan fingerprint density at radius 2 is 2.11 bits per heavy atom. The lowest BCUT2D eigenvalue weighted by Crippen LogP contribution is -2.23. The summed E-state index contributed by atoms with van der Waals surface area (Å²) in [6.07, 6.45) is 4.92. The third kappa shape index (κ3) is 3.28. The molecule has 0 bridgehead atoms. The summed E-state index contributed by atoms with van der Waals surface area (Å²) in [4.78, 5) is 30.1. The van der Waals surface area contributed by atoms with Crippen LogP contribution < -0.4 is 5.32 Å². The maximum absolute atomic E-state index is 12.8. The molecular weight excluding hydrogens is 362 g/mol. The van der Waals surface area contributed by atoms with Crippen LogP contribution >= 0.6 is 11.3 Å². The van der Waals surface area contributed by atoms with Crippen molar-refractivity contribution in [2.75, 3.05) is 0 Å². The van der Waals surface area contributed by atoms with Crippen LogP contribution in [0, 0.1) is 13.8 Å². The molecule has 0 saturated carbocycles. The Morgan fingerprint density at radius 3 is 2.89 bits per heavy atom. The summed E-state index contributed by atoms with van der Waals surface area (Å²) in [5, 5.41) is 10.8. The minimum Gasteiger partial charge on any atom is -0.346 e. The second-order valence-corrected chi connectivity index (χ2v) is 6.99. The van der Waals surface area contributed by atoms with Crippen molar-refractivity contribution >= 4 is 28.3 Å². The van der Waals surface area contributed by atoms with E-state index < -0.39 is 0 Å². The van der Waals surface area contributed by atoms with Crippen LogP contribution in [0.1, 0.15) is 27.4 Å². The van der Waals surface area contributed by atoms with E-state index in [1.54, 1.807) is 29.3 Å². The van der Waals surface area contributed by atoms with E-state index in [2.05, 4.69) is 30.4 Å². The first kappa shape index (κ1) is 17.2. The molecule has 4 aromatic rings. The van der Waals surface area contributed by atoms with E-state index in [1.807, 2.05) is 26.3 Å². The third-order valence-corrected chi connectivity index (χ3v) is 5.02. The van der Waals surface area contributed by atoms with Gasteiger partial charge in [-0.25, -0.2) is 9.97 Å². The first-order valence-electron chi connectivity index (χ1n) is 8.33. The maximum atomic E-state index is 12.8. The van der Waals surface area contributed by atoms with E-state index >= 15 is 0 Å². The minimum atomic E-state index is -0.171. The Hall–Kier alpha value is -3.20. The van der Waals surface area contributed by atoms with Crippen molar-refractivity contribution in [1.29, 1.82) is 0 Å². The van der Waals surface area contributed by atoms with E-state index in [-0.39, 0.29) is 5.91 Å². The van der Waals surface area contributed by atoms with Gasteiger partial charge in [0.2, 0.25) is 0 Å². The largest absolute Gasteiger partial charge is 0.346 e. The number of nitrogens with one attached hydrogen (secondary N) is 1. The Bertz CT molecular complexity index is 1130. The molecule has 0 aliphatic rings. The van der Waals surface area contributed by atoms with Crippen molar-refractivity contribution in [3.8, 4) is 10.7 Å². The number of amides is 1. The summed E-state index contributed by atoms with van der Waals surface area (Å²) in [6.45, 7) is 4.08. The van der Waals surface area contributed by atoms with Crippen LogP contribution in [0.4, 0.5) is 0 Å². The Balaban J connectivity index is 1.56. The molecule has 0 aromatic carbocycles. The molecule has 0 radical (unpaired) electrons. The summed E-state index contributed by atoms with van der Waals surface area (Å²) in [7, 11) is 1.83. The first-order chi connectivity index (χ1) is 13.0. The number of hydrogen-bond donors (Lipinski definition) is 1. The molecule has 0 spiro atoms. The number of aryl methyl sites for hydroxylation is 3. The van der Waals surface area contributed by atoms with Crippen LogP contribution in [0.5, 0.6) is 0 Å². The van der Waals surface area contributed by atoms with Crippen LogP contribution in [0.2, 0.25) is 0 Å². The third-order valence-electron chi connectivity index (χ3n) is 4.11. The van der Waals surface area contributed by atoms with Crippen molar-refractivity contribution in [2.45, 2.75) is 20.4 Å². The van der Waals surface area contributed by atoms with Gasteiger partial charge >= 0.3 is 0 Å². The average molecular weight is 379 g/mol. The summed E-state index contributed by atoms with van der Waals surface area (Å²) in [6, 6.07) is 1.79. The molecule has 4 heterocycles. The number of thiazole rings is 1. The molecule has 1 amide bonds. The molecule has 0 aliphatic carbocycles. The Labute approximate surface area is 159 Å². The second-order valence-electron chi connectivity index (χ2n) is 6.14. The molecule has 4 aromatic heterocycles. The van der Waals surface area contributed by atoms with Crippen molar-refractivity contribution in [3.05, 3.63) is 52.7 Å². The maximum Gasteiger partial charge on any atom is 0.252 e. The van der Waals surface area contributed by atoms with Crippen LogP contribution in [0.15, 0.2) is 30.0 Å². The van der Waals surface area contributed by atoms with Crippen molar-refractivity contribution in [2.24, 2.45) is 7.05 Å². The fourth-order valence-corrected chi connectivity index (χ4v) is 3.71. The van der Waals surface area contributed by atoms with Gasteiger partial charge < -0.3 is 5.32 Å². The highest BCUT2D eigenvalue weighted by Crippen LogP contribution is 2.23. The monoisotopic (exact) mass is 379 g/mol. The predicted octanol–water partition coefficient (Wildman–Crippen LogP) is 2.43. The Kier molecular flexibility index (Phi) is 4.36. The number of hydrogen-bond acceptors (Lipinski definition) is 7. The molecule has 4 rings (SSSR count). The van der Waals surface area contributed by atoms with Crippen LogP contribution in [0.25, 0.3) is 21.7 Å². The fourth-order valence-electron chi connectivity index (χ4n) is 2.93. The lowest BCUT2D eigenvalue weighted by molar-refractivity contribution is 0.0952. The minimum absolute atomic E-state index is 0.171. The lowest BCUT2D eigenvalue weighted by Gasteiger charge is -2.07. The molecular formula is C18H17N7OS. The second kappa shape index (κ2) is 6.84. The number of nitrogens with zero attached hydrogens (tertiary/aromatic N) is 6. The zero-order valence-electron chi connectivity index (χ0n) is 15.1. The molecule has 1 N–H and O–H groups in total. The summed E-state index contributed by atoms with van der Waals surface area (Å²) >= 11 is 1.47. The van der Waals surface area contributed by atoms with Crippen molar-refractivity contribution in [3.63, 3.8) is 0 Å². The molecule has 0 aliphatic heterocycles. The van der Waals surface area contributed by atoms with E-state index in [1.165, 1.54) is 11.3 Å². The van der Waals surface area contributed by atoms with Gasteiger partial charge in [-0.15, -0.1) is 11.3 Å². The summed E-state index contributed by atoms with van der Waals surface area (Å²) < 4.78 is 1.70. The topological polar surface area (TPSA) is 98.5 Å². The van der Waals surface area contributed by atoms with Gasteiger partial charge in [0.1, 0.15) is 10.7 Å². The quantitative estimate of drug-likeness (QED) is 0.585. The number of carbonyl (C=O) groups excluding carboxylic acids is 1. The number of carbonyl (C=O) groups is 1. The zero-order valence-corrected chi connectivity index (χ0v) is 15.9. The van der Waals surface area contributed by atoms with Crippen LogP contribution in [0.3, 0.4) is 0 Å². The molecule has 0 fully saturated rings. The number of fused-ring (bicyclic) bond motifs is 1. The van der Waals surface area contributed by atoms with Gasteiger partial charge in [0.05, 0.1) is 35.1 Å². The first-order valence-corrected chi connectivity index (χ1v) is 9.21. The van der Waals surface area contributed by atoms with Gasteiger partial charge in [0, 0.05) is 30.5 Å². The number of aromatic nitrogens is 6. The molecule has 9 heteroatoms. The smallest absolute Gasteiger partial charge is 0.252 e. The highest BCUT2D eigenvalue weighted by atomic mass is 32.1.